The smallest absolute Gasteiger partial charge is 0.237 e. The van der Waals surface area contributed by atoms with E-state index in [-0.39, 0.29) is 0 Å². The van der Waals surface area contributed by atoms with Gasteiger partial charge in [0.1, 0.15) is 12.2 Å². The lowest BCUT2D eigenvalue weighted by molar-refractivity contribution is -0.120. The first-order valence-corrected chi connectivity index (χ1v) is 2.88. The van der Waals surface area contributed by atoms with Crippen LogP contribution in [0.25, 0.3) is 0 Å². The van der Waals surface area contributed by atoms with E-state index in [1.807, 2.05) is 0 Å². The van der Waals surface area contributed by atoms with Crippen LogP contribution in [0.3, 0.4) is 0 Å². The van der Waals surface area contributed by atoms with E-state index in [0.717, 1.165) is 0 Å². The molecule has 0 spiro atoms. The second-order valence-electron chi connectivity index (χ2n) is 2.14. The van der Waals surface area contributed by atoms with Crippen LogP contribution in [-0.2, 0) is 4.79 Å². The summed E-state index contributed by atoms with van der Waals surface area (Å²) in [6.07, 6.45) is -0.685. The number of carbonyl (C=O) groups is 1. The molecule has 2 unspecified atom stereocenters. The van der Waals surface area contributed by atoms with E-state index in [4.69, 9.17) is 5.73 Å². The zero-order valence-electron chi connectivity index (χ0n) is 4.93. The number of hydrogen-bond acceptors (Lipinski definition) is 2. The third-order valence-corrected chi connectivity index (χ3v) is 1.45. The van der Waals surface area contributed by atoms with Crippen molar-refractivity contribution >= 4 is 5.91 Å². The fraction of sp³-hybridized carbons (Fsp3) is 0.800. The number of amides is 1. The van der Waals surface area contributed by atoms with Crippen molar-refractivity contribution in [2.45, 2.75) is 18.6 Å². The highest BCUT2D eigenvalue weighted by Gasteiger charge is 2.30. The molecule has 1 aliphatic rings. The topological polar surface area (TPSA) is 55.1 Å². The zero-order chi connectivity index (χ0) is 6.85. The average Bonchev–Trinajstić information content (AvgIpc) is 2.13. The minimum atomic E-state index is -1.08. The zero-order valence-corrected chi connectivity index (χ0v) is 4.93. The van der Waals surface area contributed by atoms with Gasteiger partial charge in [0.25, 0.3) is 0 Å². The quantitative estimate of drug-likeness (QED) is 0.489. The summed E-state index contributed by atoms with van der Waals surface area (Å²) >= 11 is 0. The lowest BCUT2D eigenvalue weighted by Crippen LogP contribution is -2.41. The van der Waals surface area contributed by atoms with E-state index in [9.17, 15) is 9.18 Å². The van der Waals surface area contributed by atoms with Gasteiger partial charge in [0.2, 0.25) is 5.91 Å². The Morgan fingerprint density at radius 3 is 2.67 bits per heavy atom. The Hall–Kier alpha value is -0.640. The molecule has 1 heterocycles. The largest absolute Gasteiger partial charge is 0.368 e. The van der Waals surface area contributed by atoms with Crippen molar-refractivity contribution in [2.24, 2.45) is 5.73 Å². The summed E-state index contributed by atoms with van der Waals surface area (Å²) in [4.78, 5) is 10.3. The van der Waals surface area contributed by atoms with Crippen molar-refractivity contribution in [1.29, 1.82) is 0 Å². The third kappa shape index (κ3) is 1.18. The highest BCUT2D eigenvalue weighted by molar-refractivity contribution is 5.80. The van der Waals surface area contributed by atoms with E-state index in [2.05, 4.69) is 5.32 Å². The number of halogens is 1. The molecule has 0 radical (unpaired) electrons. The van der Waals surface area contributed by atoms with Crippen LogP contribution in [-0.4, -0.2) is 24.7 Å². The van der Waals surface area contributed by atoms with Gasteiger partial charge in [0.15, 0.2) is 0 Å². The van der Waals surface area contributed by atoms with E-state index in [1.54, 1.807) is 0 Å². The number of alkyl halides is 1. The Labute approximate surface area is 52.4 Å². The maximum atomic E-state index is 12.5. The molecule has 4 heteroatoms. The van der Waals surface area contributed by atoms with Crippen LogP contribution in [0, 0.1) is 0 Å². The maximum Gasteiger partial charge on any atom is 0.237 e. The number of rotatable bonds is 1. The van der Waals surface area contributed by atoms with Gasteiger partial charge in [0, 0.05) is 0 Å². The number of nitrogens with two attached hydrogens (primary N) is 1. The van der Waals surface area contributed by atoms with Crippen LogP contribution in [0.1, 0.15) is 6.42 Å². The lowest BCUT2D eigenvalue weighted by atomic mass is 10.2. The predicted molar refractivity (Wildman–Crippen MR) is 30.5 cm³/mol. The molecule has 9 heavy (non-hydrogen) atoms. The molecule has 0 saturated carbocycles. The van der Waals surface area contributed by atoms with Gasteiger partial charge in [-0.3, -0.25) is 4.79 Å². The SMILES string of the molecule is NC(=O)C1NCCC1F. The maximum absolute atomic E-state index is 12.5. The minimum Gasteiger partial charge on any atom is -0.368 e. The predicted octanol–water partition coefficient (Wildman–Crippen LogP) is -0.828. The molecule has 1 amide bonds. The summed E-state index contributed by atoms with van der Waals surface area (Å²) in [5.74, 6) is -0.597. The first-order valence-electron chi connectivity index (χ1n) is 2.88. The van der Waals surface area contributed by atoms with Crippen LogP contribution in [0.4, 0.5) is 4.39 Å². The summed E-state index contributed by atoms with van der Waals surface area (Å²) in [7, 11) is 0. The number of primary amides is 1. The highest BCUT2D eigenvalue weighted by Crippen LogP contribution is 2.09. The second kappa shape index (κ2) is 2.31. The monoisotopic (exact) mass is 132 g/mol. The van der Waals surface area contributed by atoms with E-state index < -0.39 is 18.1 Å². The normalized spacial score (nSPS) is 34.8. The van der Waals surface area contributed by atoms with Gasteiger partial charge in [-0.05, 0) is 13.0 Å². The standard InChI is InChI=1S/C5H9FN2O/c6-3-1-2-8-4(3)5(7)9/h3-4,8H,1-2H2,(H2,7,9). The summed E-state index contributed by atoms with van der Waals surface area (Å²) in [6, 6.07) is -0.745. The summed E-state index contributed by atoms with van der Waals surface area (Å²) in [6.45, 7) is 0.550. The molecule has 3 nitrogen and oxygen atoms in total. The molecule has 1 aliphatic heterocycles. The van der Waals surface area contributed by atoms with Crippen molar-refractivity contribution < 1.29 is 9.18 Å². The van der Waals surface area contributed by atoms with Crippen LogP contribution in [0.15, 0.2) is 0 Å². The van der Waals surface area contributed by atoms with Gasteiger partial charge in [-0.15, -0.1) is 0 Å². The molecule has 3 N–H and O–H groups in total. The van der Waals surface area contributed by atoms with E-state index in [0.29, 0.717) is 13.0 Å². The van der Waals surface area contributed by atoms with Crippen molar-refractivity contribution in [1.82, 2.24) is 5.32 Å². The molecule has 0 bridgehead atoms. The Balaban J connectivity index is 2.49. The molecular formula is C5H9FN2O. The van der Waals surface area contributed by atoms with E-state index >= 15 is 0 Å². The van der Waals surface area contributed by atoms with E-state index in [1.165, 1.54) is 0 Å². The second-order valence-corrected chi connectivity index (χ2v) is 2.14. The molecular weight excluding hydrogens is 123 g/mol. The first kappa shape index (κ1) is 6.48. The van der Waals surface area contributed by atoms with Crippen LogP contribution in [0.5, 0.6) is 0 Å². The summed E-state index contributed by atoms with van der Waals surface area (Å²) in [5.41, 5.74) is 4.85. The van der Waals surface area contributed by atoms with Crippen LogP contribution in [0.2, 0.25) is 0 Å². The van der Waals surface area contributed by atoms with Gasteiger partial charge in [-0.2, -0.15) is 0 Å². The Morgan fingerprint density at radius 1 is 1.78 bits per heavy atom. The summed E-state index contributed by atoms with van der Waals surface area (Å²) in [5, 5.41) is 2.66. The lowest BCUT2D eigenvalue weighted by Gasteiger charge is -2.06. The van der Waals surface area contributed by atoms with Crippen LogP contribution >= 0.6 is 0 Å². The Bertz CT molecular complexity index is 128. The number of nitrogens with one attached hydrogen (secondary N) is 1. The fourth-order valence-corrected chi connectivity index (χ4v) is 0.950. The van der Waals surface area contributed by atoms with Crippen molar-refractivity contribution in [3.63, 3.8) is 0 Å². The third-order valence-electron chi connectivity index (χ3n) is 1.45. The molecule has 0 aliphatic carbocycles. The Morgan fingerprint density at radius 2 is 2.44 bits per heavy atom. The van der Waals surface area contributed by atoms with Gasteiger partial charge in [-0.1, -0.05) is 0 Å². The number of carbonyl (C=O) groups excluding carboxylic acids is 1. The molecule has 0 aromatic heterocycles. The average molecular weight is 132 g/mol. The molecule has 1 fully saturated rings. The molecule has 1 saturated heterocycles. The van der Waals surface area contributed by atoms with Gasteiger partial charge < -0.3 is 11.1 Å². The number of hydrogen-bond donors (Lipinski definition) is 2. The Kier molecular flexibility index (Phi) is 1.66. The molecule has 1 rings (SSSR count). The minimum absolute atomic E-state index is 0.396. The van der Waals surface area contributed by atoms with Crippen molar-refractivity contribution in [2.75, 3.05) is 6.54 Å². The highest BCUT2D eigenvalue weighted by atomic mass is 19.1. The molecule has 0 aromatic rings. The first-order chi connectivity index (χ1) is 4.22. The van der Waals surface area contributed by atoms with Crippen molar-refractivity contribution in [3.8, 4) is 0 Å². The van der Waals surface area contributed by atoms with Gasteiger partial charge in [0.05, 0.1) is 0 Å². The van der Waals surface area contributed by atoms with Crippen molar-refractivity contribution in [3.05, 3.63) is 0 Å². The fourth-order valence-electron chi connectivity index (χ4n) is 0.950. The van der Waals surface area contributed by atoms with Gasteiger partial charge >= 0.3 is 0 Å². The molecule has 52 valence electrons. The summed E-state index contributed by atoms with van der Waals surface area (Å²) < 4.78 is 12.5. The van der Waals surface area contributed by atoms with Gasteiger partial charge in [-0.25, -0.2) is 4.39 Å². The van der Waals surface area contributed by atoms with Crippen LogP contribution < -0.4 is 11.1 Å². The molecule has 2 atom stereocenters. The molecule has 0 aromatic carbocycles.